The van der Waals surface area contributed by atoms with Gasteiger partial charge in [0.15, 0.2) is 0 Å². The Balaban J connectivity index is 1.97. The third-order valence-corrected chi connectivity index (χ3v) is 4.58. The molecule has 1 saturated heterocycles. The number of benzene rings is 1. The van der Waals surface area contributed by atoms with E-state index in [9.17, 15) is 4.79 Å². The summed E-state index contributed by atoms with van der Waals surface area (Å²) in [6, 6.07) is 6.05. The highest BCUT2D eigenvalue weighted by atomic mass is 32.2. The average Bonchev–Trinajstić information content (AvgIpc) is 2.82. The van der Waals surface area contributed by atoms with E-state index >= 15 is 0 Å². The number of nitrogens with zero attached hydrogens (tertiary/aromatic N) is 1. The van der Waals surface area contributed by atoms with Gasteiger partial charge in [-0.1, -0.05) is 6.07 Å². The molecule has 1 heterocycles. The fraction of sp³-hybridized carbons (Fsp3) is 0.500. The minimum absolute atomic E-state index is 0.0230. The zero-order valence-corrected chi connectivity index (χ0v) is 12.0. The molecule has 4 heteroatoms. The van der Waals surface area contributed by atoms with Crippen molar-refractivity contribution < 1.29 is 4.79 Å². The van der Waals surface area contributed by atoms with Crippen LogP contribution in [0.25, 0.3) is 0 Å². The van der Waals surface area contributed by atoms with Crippen LogP contribution >= 0.6 is 11.8 Å². The van der Waals surface area contributed by atoms with Gasteiger partial charge in [-0.2, -0.15) is 11.8 Å². The molecule has 1 aliphatic rings. The molecule has 2 amide bonds. The SMILES string of the molecule is CSC1CCN(C(=O)Nc2ccc(C)c(C)c2)C1. The summed E-state index contributed by atoms with van der Waals surface area (Å²) in [6.07, 6.45) is 3.21. The molecule has 1 aliphatic heterocycles. The van der Waals surface area contributed by atoms with E-state index in [0.717, 1.165) is 25.2 Å². The third kappa shape index (κ3) is 2.99. The standard InChI is InChI=1S/C14H20N2OS/c1-10-4-5-12(8-11(10)2)15-14(17)16-7-6-13(9-16)18-3/h4-5,8,13H,6-7,9H2,1-3H3,(H,15,17). The molecular weight excluding hydrogens is 244 g/mol. The molecular formula is C14H20N2OS. The van der Waals surface area contributed by atoms with E-state index in [4.69, 9.17) is 0 Å². The van der Waals surface area contributed by atoms with Crippen LogP contribution in [-0.2, 0) is 0 Å². The highest BCUT2D eigenvalue weighted by molar-refractivity contribution is 7.99. The fourth-order valence-electron chi connectivity index (χ4n) is 2.13. The maximum Gasteiger partial charge on any atom is 0.321 e. The average molecular weight is 264 g/mol. The van der Waals surface area contributed by atoms with E-state index in [2.05, 4.69) is 25.4 Å². The lowest BCUT2D eigenvalue weighted by atomic mass is 10.1. The van der Waals surface area contributed by atoms with Gasteiger partial charge in [0.1, 0.15) is 0 Å². The first-order valence-electron chi connectivity index (χ1n) is 6.26. The third-order valence-electron chi connectivity index (χ3n) is 3.52. The number of aryl methyl sites for hydroxylation is 2. The molecule has 1 unspecified atom stereocenters. The lowest BCUT2D eigenvalue weighted by Gasteiger charge is -2.17. The molecule has 1 aromatic rings. The van der Waals surface area contributed by atoms with Crippen molar-refractivity contribution in [2.45, 2.75) is 25.5 Å². The predicted molar refractivity (Wildman–Crippen MR) is 78.4 cm³/mol. The number of anilines is 1. The molecule has 0 bridgehead atoms. The molecule has 18 heavy (non-hydrogen) atoms. The Morgan fingerprint density at radius 3 is 2.78 bits per heavy atom. The summed E-state index contributed by atoms with van der Waals surface area (Å²) >= 11 is 1.84. The van der Waals surface area contributed by atoms with Crippen molar-refractivity contribution in [1.82, 2.24) is 4.90 Å². The molecule has 1 fully saturated rings. The van der Waals surface area contributed by atoms with Crippen LogP contribution in [0.5, 0.6) is 0 Å². The number of carbonyl (C=O) groups is 1. The van der Waals surface area contributed by atoms with Crippen LogP contribution in [0.3, 0.4) is 0 Å². The molecule has 1 aromatic carbocycles. The summed E-state index contributed by atoms with van der Waals surface area (Å²) < 4.78 is 0. The number of urea groups is 1. The van der Waals surface area contributed by atoms with Crippen LogP contribution < -0.4 is 5.32 Å². The molecule has 0 aromatic heterocycles. The summed E-state index contributed by atoms with van der Waals surface area (Å²) in [5.74, 6) is 0. The summed E-state index contributed by atoms with van der Waals surface area (Å²) in [6.45, 7) is 5.86. The van der Waals surface area contributed by atoms with Gasteiger partial charge in [0, 0.05) is 24.0 Å². The van der Waals surface area contributed by atoms with Gasteiger partial charge < -0.3 is 10.2 Å². The molecule has 0 radical (unpaired) electrons. The van der Waals surface area contributed by atoms with Crippen molar-refractivity contribution >= 4 is 23.5 Å². The van der Waals surface area contributed by atoms with E-state index in [1.165, 1.54) is 11.1 Å². The summed E-state index contributed by atoms with van der Waals surface area (Å²) in [5.41, 5.74) is 3.34. The van der Waals surface area contributed by atoms with Crippen LogP contribution in [0.4, 0.5) is 10.5 Å². The molecule has 1 atom stereocenters. The van der Waals surface area contributed by atoms with E-state index in [-0.39, 0.29) is 6.03 Å². The van der Waals surface area contributed by atoms with Gasteiger partial charge in [0.25, 0.3) is 0 Å². The molecule has 98 valence electrons. The Morgan fingerprint density at radius 1 is 1.39 bits per heavy atom. The first-order valence-corrected chi connectivity index (χ1v) is 7.55. The Bertz CT molecular complexity index is 447. The first-order chi connectivity index (χ1) is 8.60. The minimum atomic E-state index is 0.0230. The number of carbonyl (C=O) groups excluding carboxylic acids is 1. The molecule has 0 saturated carbocycles. The Kier molecular flexibility index (Phi) is 4.17. The number of hydrogen-bond donors (Lipinski definition) is 1. The van der Waals surface area contributed by atoms with Crippen LogP contribution in [-0.4, -0.2) is 35.5 Å². The summed E-state index contributed by atoms with van der Waals surface area (Å²) in [4.78, 5) is 14.0. The van der Waals surface area contributed by atoms with Gasteiger partial charge >= 0.3 is 6.03 Å². The Labute approximate surface area is 113 Å². The maximum atomic E-state index is 12.1. The number of hydrogen-bond acceptors (Lipinski definition) is 2. The quantitative estimate of drug-likeness (QED) is 0.889. The maximum absolute atomic E-state index is 12.1. The van der Waals surface area contributed by atoms with Gasteiger partial charge in [0.05, 0.1) is 0 Å². The minimum Gasteiger partial charge on any atom is -0.323 e. The number of thioether (sulfide) groups is 1. The van der Waals surface area contributed by atoms with Crippen molar-refractivity contribution in [3.05, 3.63) is 29.3 Å². The van der Waals surface area contributed by atoms with Gasteiger partial charge in [-0.25, -0.2) is 4.79 Å². The van der Waals surface area contributed by atoms with Crippen LogP contribution in [0.1, 0.15) is 17.5 Å². The van der Waals surface area contributed by atoms with E-state index in [0.29, 0.717) is 5.25 Å². The second-order valence-corrected chi connectivity index (χ2v) is 5.96. The monoisotopic (exact) mass is 264 g/mol. The zero-order chi connectivity index (χ0) is 13.1. The van der Waals surface area contributed by atoms with Gasteiger partial charge in [0.2, 0.25) is 0 Å². The van der Waals surface area contributed by atoms with Gasteiger partial charge in [-0.15, -0.1) is 0 Å². The number of rotatable bonds is 2. The molecule has 2 rings (SSSR count). The predicted octanol–water partition coefficient (Wildman–Crippen LogP) is 3.27. The number of likely N-dealkylation sites (tertiary alicyclic amines) is 1. The summed E-state index contributed by atoms with van der Waals surface area (Å²) in [5, 5.41) is 3.57. The largest absolute Gasteiger partial charge is 0.323 e. The lowest BCUT2D eigenvalue weighted by Crippen LogP contribution is -2.33. The highest BCUT2D eigenvalue weighted by Crippen LogP contribution is 2.21. The van der Waals surface area contributed by atoms with Crippen LogP contribution in [0.15, 0.2) is 18.2 Å². The zero-order valence-electron chi connectivity index (χ0n) is 11.2. The second-order valence-electron chi connectivity index (χ2n) is 4.82. The van der Waals surface area contributed by atoms with E-state index in [1.54, 1.807) is 0 Å². The van der Waals surface area contributed by atoms with Gasteiger partial charge in [-0.3, -0.25) is 0 Å². The van der Waals surface area contributed by atoms with Crippen molar-refractivity contribution in [1.29, 1.82) is 0 Å². The second kappa shape index (κ2) is 5.65. The van der Waals surface area contributed by atoms with Gasteiger partial charge in [-0.05, 0) is 49.8 Å². The van der Waals surface area contributed by atoms with Crippen molar-refractivity contribution in [2.24, 2.45) is 0 Å². The van der Waals surface area contributed by atoms with Crippen LogP contribution in [0, 0.1) is 13.8 Å². The van der Waals surface area contributed by atoms with Crippen LogP contribution in [0.2, 0.25) is 0 Å². The number of nitrogens with one attached hydrogen (secondary N) is 1. The summed E-state index contributed by atoms with van der Waals surface area (Å²) in [7, 11) is 0. The van der Waals surface area contributed by atoms with Crippen molar-refractivity contribution in [2.75, 3.05) is 24.7 Å². The van der Waals surface area contributed by atoms with Crippen molar-refractivity contribution in [3.8, 4) is 0 Å². The van der Waals surface area contributed by atoms with E-state index < -0.39 is 0 Å². The lowest BCUT2D eigenvalue weighted by molar-refractivity contribution is 0.222. The molecule has 0 spiro atoms. The normalized spacial score (nSPS) is 19.1. The Hall–Kier alpha value is -1.16. The first kappa shape index (κ1) is 13.3. The van der Waals surface area contributed by atoms with E-state index in [1.807, 2.05) is 34.9 Å². The molecule has 1 N–H and O–H groups in total. The smallest absolute Gasteiger partial charge is 0.321 e. The topological polar surface area (TPSA) is 32.3 Å². The fourth-order valence-corrected chi connectivity index (χ4v) is 2.80. The highest BCUT2D eigenvalue weighted by Gasteiger charge is 2.25. The molecule has 3 nitrogen and oxygen atoms in total. The molecule has 0 aliphatic carbocycles. The van der Waals surface area contributed by atoms with Crippen molar-refractivity contribution in [3.63, 3.8) is 0 Å². The number of amides is 2. The Morgan fingerprint density at radius 2 is 2.17 bits per heavy atom.